The Morgan fingerprint density at radius 1 is 1.28 bits per heavy atom. The number of hydrogen-bond donors (Lipinski definition) is 1. The third-order valence-electron chi connectivity index (χ3n) is 2.25. The highest BCUT2D eigenvalue weighted by molar-refractivity contribution is 5.57. The van der Waals surface area contributed by atoms with E-state index in [1.807, 2.05) is 37.3 Å². The first kappa shape index (κ1) is 11.6. The van der Waals surface area contributed by atoms with Gasteiger partial charge in [0.05, 0.1) is 0 Å². The zero-order valence-electron chi connectivity index (χ0n) is 9.81. The van der Waals surface area contributed by atoms with E-state index in [2.05, 4.69) is 21.2 Å². The van der Waals surface area contributed by atoms with Crippen molar-refractivity contribution in [1.82, 2.24) is 9.97 Å². The van der Waals surface area contributed by atoms with E-state index >= 15 is 0 Å². The minimum absolute atomic E-state index is 0.332. The van der Waals surface area contributed by atoms with Crippen LogP contribution in [0.3, 0.4) is 0 Å². The van der Waals surface area contributed by atoms with Crippen molar-refractivity contribution in [1.29, 1.82) is 5.26 Å². The van der Waals surface area contributed by atoms with E-state index in [4.69, 9.17) is 11.7 Å². The molecule has 0 saturated heterocycles. The first-order valence-electron chi connectivity index (χ1n) is 5.31. The number of terminal acetylenes is 1. The molecule has 0 aliphatic heterocycles. The van der Waals surface area contributed by atoms with Crippen LogP contribution in [0, 0.1) is 30.6 Å². The van der Waals surface area contributed by atoms with Crippen molar-refractivity contribution in [2.45, 2.75) is 6.92 Å². The van der Waals surface area contributed by atoms with Crippen molar-refractivity contribution < 1.29 is 0 Å². The molecule has 86 valence electrons. The molecule has 0 spiro atoms. The molecule has 0 fully saturated rings. The van der Waals surface area contributed by atoms with E-state index in [9.17, 15) is 0 Å². The average Bonchev–Trinajstić information content (AvgIpc) is 2.38. The monoisotopic (exact) mass is 234 g/mol. The Morgan fingerprint density at radius 2 is 2.11 bits per heavy atom. The molecule has 18 heavy (non-hydrogen) atoms. The van der Waals surface area contributed by atoms with E-state index in [-0.39, 0.29) is 0 Å². The topological polar surface area (TPSA) is 61.6 Å². The molecule has 0 unspecified atom stereocenters. The van der Waals surface area contributed by atoms with Crippen molar-refractivity contribution in [3.63, 3.8) is 0 Å². The Labute approximate surface area is 105 Å². The predicted molar refractivity (Wildman–Crippen MR) is 69.1 cm³/mol. The third kappa shape index (κ3) is 2.63. The molecule has 2 aromatic rings. The summed E-state index contributed by atoms with van der Waals surface area (Å²) in [4.78, 5) is 8.28. The second-order valence-electron chi connectivity index (χ2n) is 3.68. The Kier molecular flexibility index (Phi) is 3.22. The summed E-state index contributed by atoms with van der Waals surface area (Å²) in [6.07, 6.45) is 5.33. The van der Waals surface area contributed by atoms with Crippen LogP contribution in [0.25, 0.3) is 0 Å². The van der Waals surface area contributed by atoms with Gasteiger partial charge in [-0.05, 0) is 31.2 Å². The molecule has 1 N–H and O–H groups in total. The van der Waals surface area contributed by atoms with Gasteiger partial charge in [-0.25, -0.2) is 9.97 Å². The van der Waals surface area contributed by atoms with Crippen LogP contribution in [0.15, 0.2) is 30.3 Å². The fraction of sp³-hybridized carbons (Fsp3) is 0.0714. The number of hydrogen-bond acceptors (Lipinski definition) is 4. The quantitative estimate of drug-likeness (QED) is 0.810. The number of anilines is 2. The van der Waals surface area contributed by atoms with Crippen LogP contribution in [0.5, 0.6) is 0 Å². The zero-order chi connectivity index (χ0) is 13.0. The van der Waals surface area contributed by atoms with Crippen LogP contribution in [0.2, 0.25) is 0 Å². The summed E-state index contributed by atoms with van der Waals surface area (Å²) in [6, 6.07) is 11.0. The first-order chi connectivity index (χ1) is 8.71. The van der Waals surface area contributed by atoms with Gasteiger partial charge in [-0.1, -0.05) is 12.0 Å². The summed E-state index contributed by atoms with van der Waals surface area (Å²) in [5.74, 6) is 2.94. The summed E-state index contributed by atoms with van der Waals surface area (Å²) in [5.41, 5.74) is 2.63. The lowest BCUT2D eigenvalue weighted by molar-refractivity contribution is 1.09. The highest BCUT2D eigenvalue weighted by atomic mass is 15.1. The number of benzene rings is 1. The van der Waals surface area contributed by atoms with E-state index < -0.39 is 0 Å². The van der Waals surface area contributed by atoms with Gasteiger partial charge in [0, 0.05) is 16.9 Å². The van der Waals surface area contributed by atoms with Gasteiger partial charge in [-0.2, -0.15) is 5.26 Å². The molecule has 0 atom stereocenters. The highest BCUT2D eigenvalue weighted by Crippen LogP contribution is 2.15. The number of aryl methyl sites for hydroxylation is 1. The van der Waals surface area contributed by atoms with Crippen LogP contribution in [-0.4, -0.2) is 9.97 Å². The van der Waals surface area contributed by atoms with E-state index in [0.717, 1.165) is 16.9 Å². The van der Waals surface area contributed by atoms with Gasteiger partial charge in [0.2, 0.25) is 5.95 Å². The molecule has 1 heterocycles. The van der Waals surface area contributed by atoms with Gasteiger partial charge in [-0.3, -0.25) is 0 Å². The van der Waals surface area contributed by atoms with Gasteiger partial charge in [0.15, 0.2) is 0 Å². The van der Waals surface area contributed by atoms with Crippen molar-refractivity contribution >= 4 is 11.6 Å². The van der Waals surface area contributed by atoms with E-state index in [0.29, 0.717) is 11.6 Å². The van der Waals surface area contributed by atoms with Crippen molar-refractivity contribution in [2.75, 3.05) is 5.32 Å². The van der Waals surface area contributed by atoms with E-state index in [1.165, 1.54) is 0 Å². The molecule has 1 aromatic carbocycles. The normalized spacial score (nSPS) is 9.28. The Hall–Kier alpha value is -2.85. The largest absolute Gasteiger partial charge is 0.324 e. The summed E-state index contributed by atoms with van der Waals surface area (Å²) in [5, 5.41) is 11.9. The molecular formula is C14H10N4. The molecular weight excluding hydrogens is 224 g/mol. The van der Waals surface area contributed by atoms with Crippen LogP contribution in [0.1, 0.15) is 17.0 Å². The lowest BCUT2D eigenvalue weighted by atomic mass is 10.2. The van der Waals surface area contributed by atoms with Gasteiger partial charge in [-0.15, -0.1) is 6.42 Å². The summed E-state index contributed by atoms with van der Waals surface area (Å²) >= 11 is 0. The Balaban J connectivity index is 2.31. The maximum absolute atomic E-state index is 8.84. The molecule has 0 aliphatic rings. The summed E-state index contributed by atoms with van der Waals surface area (Å²) in [6.45, 7) is 1.81. The van der Waals surface area contributed by atoms with Crippen molar-refractivity contribution in [3.8, 4) is 18.4 Å². The van der Waals surface area contributed by atoms with Crippen LogP contribution in [0.4, 0.5) is 11.6 Å². The van der Waals surface area contributed by atoms with Crippen LogP contribution in [-0.2, 0) is 0 Å². The van der Waals surface area contributed by atoms with Gasteiger partial charge < -0.3 is 5.32 Å². The summed E-state index contributed by atoms with van der Waals surface area (Å²) < 4.78 is 0. The fourth-order valence-electron chi connectivity index (χ4n) is 1.50. The molecule has 4 heteroatoms. The van der Waals surface area contributed by atoms with Crippen molar-refractivity contribution in [2.24, 2.45) is 0 Å². The average molecular weight is 234 g/mol. The molecule has 0 saturated carbocycles. The zero-order valence-corrected chi connectivity index (χ0v) is 9.81. The lowest BCUT2D eigenvalue weighted by Gasteiger charge is -2.06. The van der Waals surface area contributed by atoms with Gasteiger partial charge in [0.25, 0.3) is 0 Å². The lowest BCUT2D eigenvalue weighted by Crippen LogP contribution is -2.00. The smallest absolute Gasteiger partial charge is 0.228 e. The second-order valence-corrected chi connectivity index (χ2v) is 3.68. The second kappa shape index (κ2) is 4.99. The number of nitrogens with zero attached hydrogens (tertiary/aromatic N) is 3. The van der Waals surface area contributed by atoms with E-state index in [1.54, 1.807) is 6.07 Å². The van der Waals surface area contributed by atoms with Crippen LogP contribution < -0.4 is 5.32 Å². The van der Waals surface area contributed by atoms with Crippen LogP contribution >= 0.6 is 0 Å². The Bertz CT molecular complexity index is 662. The summed E-state index contributed by atoms with van der Waals surface area (Å²) in [7, 11) is 0. The molecule has 4 nitrogen and oxygen atoms in total. The molecule has 1 aromatic heterocycles. The molecule has 2 rings (SSSR count). The number of rotatable bonds is 2. The predicted octanol–water partition coefficient (Wildman–Crippen LogP) is 2.38. The molecule has 0 bridgehead atoms. The Morgan fingerprint density at radius 3 is 2.83 bits per heavy atom. The van der Waals surface area contributed by atoms with Gasteiger partial charge in [0.1, 0.15) is 11.8 Å². The standard InChI is InChI=1S/C14H10N4/c1-3-11-5-4-6-12(8-11)17-14-16-10(2)7-13(9-15)18-14/h1,4-8H,2H3,(H,16,17,18). The molecule has 0 radical (unpaired) electrons. The SMILES string of the molecule is C#Cc1cccc(Nc2nc(C)cc(C#N)n2)c1. The fourth-order valence-corrected chi connectivity index (χ4v) is 1.50. The molecule has 0 amide bonds. The maximum atomic E-state index is 8.84. The number of aromatic nitrogens is 2. The number of nitrogens with one attached hydrogen (secondary N) is 1. The maximum Gasteiger partial charge on any atom is 0.228 e. The molecule has 0 aliphatic carbocycles. The highest BCUT2D eigenvalue weighted by Gasteiger charge is 2.02. The minimum Gasteiger partial charge on any atom is -0.324 e. The van der Waals surface area contributed by atoms with Crippen molar-refractivity contribution in [3.05, 3.63) is 47.3 Å². The first-order valence-corrected chi connectivity index (χ1v) is 5.31. The van der Waals surface area contributed by atoms with Gasteiger partial charge >= 0.3 is 0 Å². The number of nitriles is 1. The minimum atomic E-state index is 0.332. The third-order valence-corrected chi connectivity index (χ3v) is 2.25.